The standard InChI is InChI=1S/C15H22ClN3O2/c1-18(2)15(5-4-6-15)9-19(3)13-11(14(20)21)7-10(17)8-12(13)16/h7-8H,4-6,9,17H2,1-3H3,(H,20,21). The van der Waals surface area contributed by atoms with Gasteiger partial charge in [-0.2, -0.15) is 0 Å². The van der Waals surface area contributed by atoms with Crippen molar-refractivity contribution in [1.82, 2.24) is 4.90 Å². The largest absolute Gasteiger partial charge is 0.478 e. The Morgan fingerprint density at radius 3 is 2.43 bits per heavy atom. The smallest absolute Gasteiger partial charge is 0.337 e. The van der Waals surface area contributed by atoms with Crippen molar-refractivity contribution in [2.75, 3.05) is 38.3 Å². The van der Waals surface area contributed by atoms with Gasteiger partial charge in [0.25, 0.3) is 0 Å². The first-order valence-electron chi connectivity index (χ1n) is 6.98. The molecule has 0 bridgehead atoms. The maximum absolute atomic E-state index is 11.5. The Morgan fingerprint density at radius 1 is 1.38 bits per heavy atom. The van der Waals surface area contributed by atoms with E-state index in [0.717, 1.165) is 19.4 Å². The predicted octanol–water partition coefficient (Wildman–Crippen LogP) is 2.54. The molecule has 21 heavy (non-hydrogen) atoms. The number of nitrogen functional groups attached to an aromatic ring is 1. The molecule has 0 heterocycles. The molecule has 0 saturated heterocycles. The van der Waals surface area contributed by atoms with Crippen molar-refractivity contribution in [2.45, 2.75) is 24.8 Å². The van der Waals surface area contributed by atoms with Crippen LogP contribution in [0.5, 0.6) is 0 Å². The molecule has 0 spiro atoms. The fourth-order valence-electron chi connectivity index (χ4n) is 3.02. The number of likely N-dealkylation sites (N-methyl/N-ethyl adjacent to an activating group) is 2. The number of anilines is 2. The van der Waals surface area contributed by atoms with Crippen molar-refractivity contribution in [3.63, 3.8) is 0 Å². The molecule has 6 heteroatoms. The van der Waals surface area contributed by atoms with Crippen molar-refractivity contribution >= 4 is 28.9 Å². The topological polar surface area (TPSA) is 69.8 Å². The van der Waals surface area contributed by atoms with Crippen LogP contribution in [0.4, 0.5) is 11.4 Å². The van der Waals surface area contributed by atoms with Gasteiger partial charge >= 0.3 is 5.97 Å². The van der Waals surface area contributed by atoms with Gasteiger partial charge < -0.3 is 20.6 Å². The average Bonchev–Trinajstić information content (AvgIpc) is 2.31. The van der Waals surface area contributed by atoms with Gasteiger partial charge in [-0.25, -0.2) is 4.79 Å². The van der Waals surface area contributed by atoms with Crippen molar-refractivity contribution in [3.8, 4) is 0 Å². The number of nitrogens with zero attached hydrogens (tertiary/aromatic N) is 2. The van der Waals surface area contributed by atoms with Gasteiger partial charge in [-0.1, -0.05) is 11.6 Å². The molecule has 1 saturated carbocycles. The Bertz CT molecular complexity index is 556. The molecule has 0 amide bonds. The lowest BCUT2D eigenvalue weighted by molar-refractivity contribution is 0.0671. The number of carboxylic acid groups (broad SMARTS) is 1. The molecule has 1 aliphatic carbocycles. The van der Waals surface area contributed by atoms with E-state index in [4.69, 9.17) is 17.3 Å². The summed E-state index contributed by atoms with van der Waals surface area (Å²) in [5.74, 6) is -1.02. The lowest BCUT2D eigenvalue weighted by atomic mass is 9.75. The Balaban J connectivity index is 2.35. The van der Waals surface area contributed by atoms with Crippen molar-refractivity contribution in [3.05, 3.63) is 22.7 Å². The second kappa shape index (κ2) is 5.73. The van der Waals surface area contributed by atoms with Gasteiger partial charge in [0, 0.05) is 24.8 Å². The van der Waals surface area contributed by atoms with E-state index in [1.807, 2.05) is 11.9 Å². The van der Waals surface area contributed by atoms with Gasteiger partial charge in [-0.15, -0.1) is 0 Å². The zero-order chi connectivity index (χ0) is 15.8. The summed E-state index contributed by atoms with van der Waals surface area (Å²) in [7, 11) is 6.01. The number of aromatic carboxylic acids is 1. The number of hydrogen-bond acceptors (Lipinski definition) is 4. The number of carboxylic acids is 1. The van der Waals surface area contributed by atoms with E-state index in [-0.39, 0.29) is 11.1 Å². The molecule has 3 N–H and O–H groups in total. The second-order valence-corrected chi connectivity index (χ2v) is 6.44. The Labute approximate surface area is 130 Å². The number of benzene rings is 1. The maximum Gasteiger partial charge on any atom is 0.337 e. The highest BCUT2D eigenvalue weighted by molar-refractivity contribution is 6.34. The molecular weight excluding hydrogens is 290 g/mol. The molecule has 1 aromatic rings. The number of hydrogen-bond donors (Lipinski definition) is 2. The SMILES string of the molecule is CN(CC1(N(C)C)CCC1)c1c(Cl)cc(N)cc1C(=O)O. The summed E-state index contributed by atoms with van der Waals surface area (Å²) in [5.41, 5.74) is 6.84. The first-order chi connectivity index (χ1) is 9.77. The fourth-order valence-corrected chi connectivity index (χ4v) is 3.40. The van der Waals surface area contributed by atoms with E-state index in [2.05, 4.69) is 19.0 Å². The highest BCUT2D eigenvalue weighted by atomic mass is 35.5. The minimum absolute atomic E-state index is 0.0925. The Hall–Kier alpha value is -1.46. The van der Waals surface area contributed by atoms with E-state index in [1.165, 1.54) is 12.5 Å². The van der Waals surface area contributed by atoms with E-state index >= 15 is 0 Å². The van der Waals surface area contributed by atoms with Crippen molar-refractivity contribution in [1.29, 1.82) is 0 Å². The Kier molecular flexibility index (Phi) is 4.35. The molecule has 5 nitrogen and oxygen atoms in total. The monoisotopic (exact) mass is 311 g/mol. The zero-order valence-corrected chi connectivity index (χ0v) is 13.4. The average molecular weight is 312 g/mol. The molecule has 1 aliphatic rings. The summed E-state index contributed by atoms with van der Waals surface area (Å²) in [5, 5.41) is 9.77. The van der Waals surface area contributed by atoms with Crippen LogP contribution in [0.2, 0.25) is 5.02 Å². The van der Waals surface area contributed by atoms with Crippen LogP contribution >= 0.6 is 11.6 Å². The second-order valence-electron chi connectivity index (χ2n) is 6.03. The van der Waals surface area contributed by atoms with Gasteiger partial charge in [0.05, 0.1) is 16.3 Å². The highest BCUT2D eigenvalue weighted by Gasteiger charge is 2.40. The first kappa shape index (κ1) is 15.9. The van der Waals surface area contributed by atoms with Crippen LogP contribution in [0, 0.1) is 0 Å². The molecular formula is C15H22ClN3O2. The molecule has 116 valence electrons. The van der Waals surface area contributed by atoms with Gasteiger partial charge in [-0.3, -0.25) is 0 Å². The molecule has 1 fully saturated rings. The summed E-state index contributed by atoms with van der Waals surface area (Å²) < 4.78 is 0. The summed E-state index contributed by atoms with van der Waals surface area (Å²) in [6.07, 6.45) is 3.42. The first-order valence-corrected chi connectivity index (χ1v) is 7.35. The highest BCUT2D eigenvalue weighted by Crippen LogP contribution is 2.39. The summed E-state index contributed by atoms with van der Waals surface area (Å²) in [6.45, 7) is 0.740. The van der Waals surface area contributed by atoms with Crippen LogP contribution in [0.25, 0.3) is 0 Å². The summed E-state index contributed by atoms with van der Waals surface area (Å²) >= 11 is 6.24. The zero-order valence-electron chi connectivity index (χ0n) is 12.7. The third-order valence-electron chi connectivity index (χ3n) is 4.46. The van der Waals surface area contributed by atoms with Crippen molar-refractivity contribution < 1.29 is 9.90 Å². The summed E-state index contributed by atoms with van der Waals surface area (Å²) in [6, 6.07) is 3.06. The normalized spacial score (nSPS) is 16.6. The van der Waals surface area contributed by atoms with E-state index < -0.39 is 5.97 Å². The lowest BCUT2D eigenvalue weighted by Crippen LogP contribution is -2.57. The third-order valence-corrected chi connectivity index (χ3v) is 4.75. The molecule has 1 aromatic carbocycles. The van der Waals surface area contributed by atoms with Crippen molar-refractivity contribution in [2.24, 2.45) is 0 Å². The third kappa shape index (κ3) is 2.94. The van der Waals surface area contributed by atoms with Crippen LogP contribution < -0.4 is 10.6 Å². The van der Waals surface area contributed by atoms with E-state index in [0.29, 0.717) is 16.4 Å². The van der Waals surface area contributed by atoms with Crippen LogP contribution in [-0.4, -0.2) is 49.2 Å². The van der Waals surface area contributed by atoms with Gasteiger partial charge in [0.15, 0.2) is 0 Å². The number of carbonyl (C=O) groups is 1. The van der Waals surface area contributed by atoms with E-state index in [1.54, 1.807) is 6.07 Å². The van der Waals surface area contributed by atoms with Gasteiger partial charge in [-0.05, 0) is 45.5 Å². The number of nitrogens with two attached hydrogens (primary N) is 1. The van der Waals surface area contributed by atoms with Crippen LogP contribution in [-0.2, 0) is 0 Å². The Morgan fingerprint density at radius 2 is 2.00 bits per heavy atom. The van der Waals surface area contributed by atoms with Gasteiger partial charge in [0.2, 0.25) is 0 Å². The molecule has 2 rings (SSSR count). The minimum atomic E-state index is -1.02. The minimum Gasteiger partial charge on any atom is -0.478 e. The van der Waals surface area contributed by atoms with Crippen LogP contribution in [0.1, 0.15) is 29.6 Å². The lowest BCUT2D eigenvalue weighted by Gasteiger charge is -2.49. The number of halogens is 1. The molecule has 0 radical (unpaired) electrons. The molecule has 0 unspecified atom stereocenters. The molecule has 0 atom stereocenters. The molecule has 0 aromatic heterocycles. The predicted molar refractivity (Wildman–Crippen MR) is 86.4 cm³/mol. The van der Waals surface area contributed by atoms with Gasteiger partial charge in [0.1, 0.15) is 0 Å². The van der Waals surface area contributed by atoms with Crippen LogP contribution in [0.3, 0.4) is 0 Å². The quantitative estimate of drug-likeness (QED) is 0.818. The number of rotatable bonds is 5. The van der Waals surface area contributed by atoms with Crippen LogP contribution in [0.15, 0.2) is 12.1 Å². The fraction of sp³-hybridized carbons (Fsp3) is 0.533. The summed E-state index contributed by atoms with van der Waals surface area (Å²) in [4.78, 5) is 15.6. The van der Waals surface area contributed by atoms with E-state index in [9.17, 15) is 9.90 Å². The molecule has 0 aliphatic heterocycles. The maximum atomic E-state index is 11.5.